The lowest BCUT2D eigenvalue weighted by molar-refractivity contribution is 0.302. The lowest BCUT2D eigenvalue weighted by atomic mass is 10.1. The van der Waals surface area contributed by atoms with Crippen LogP contribution in [0.25, 0.3) is 0 Å². The third-order valence-electron chi connectivity index (χ3n) is 4.50. The molecule has 1 aliphatic carbocycles. The van der Waals surface area contributed by atoms with Gasteiger partial charge in [0.1, 0.15) is 5.75 Å². The minimum atomic E-state index is -3.52. The molecule has 2 rings (SSSR count). The fraction of sp³-hybridized carbons (Fsp3) is 0.600. The summed E-state index contributed by atoms with van der Waals surface area (Å²) < 4.78 is 28.2. The summed E-state index contributed by atoms with van der Waals surface area (Å²) in [6.45, 7) is 3.78. The van der Waals surface area contributed by atoms with Gasteiger partial charge in [-0.3, -0.25) is 0 Å². The highest BCUT2D eigenvalue weighted by atomic mass is 32.2. The topological polar surface area (TPSA) is 60.9 Å². The van der Waals surface area contributed by atoms with Crippen molar-refractivity contribution in [2.24, 2.45) is 5.92 Å². The van der Waals surface area contributed by atoms with Gasteiger partial charge in [-0.2, -0.15) is 17.0 Å². The molecule has 1 fully saturated rings. The van der Waals surface area contributed by atoms with E-state index >= 15 is 0 Å². The molecule has 6 heteroatoms. The number of phenols is 1. The largest absolute Gasteiger partial charge is 0.508 e. The second kappa shape index (κ2) is 5.94. The van der Waals surface area contributed by atoms with Gasteiger partial charge in [0, 0.05) is 26.2 Å². The Morgan fingerprint density at radius 1 is 1.19 bits per heavy atom. The first-order chi connectivity index (χ1) is 9.75. The van der Waals surface area contributed by atoms with Crippen LogP contribution in [0.4, 0.5) is 0 Å². The van der Waals surface area contributed by atoms with Crippen LogP contribution in [0.1, 0.15) is 38.3 Å². The van der Waals surface area contributed by atoms with Crippen LogP contribution in [0, 0.1) is 5.92 Å². The first-order valence-corrected chi connectivity index (χ1v) is 8.64. The zero-order valence-electron chi connectivity index (χ0n) is 13.0. The highest BCUT2D eigenvalue weighted by molar-refractivity contribution is 7.86. The van der Waals surface area contributed by atoms with Crippen molar-refractivity contribution < 1.29 is 13.5 Å². The van der Waals surface area contributed by atoms with Gasteiger partial charge in [-0.1, -0.05) is 12.1 Å². The van der Waals surface area contributed by atoms with Crippen LogP contribution in [0.2, 0.25) is 0 Å². The lowest BCUT2D eigenvalue weighted by Gasteiger charge is -2.32. The first-order valence-electron chi connectivity index (χ1n) is 7.25. The number of aromatic hydroxyl groups is 1. The van der Waals surface area contributed by atoms with E-state index in [1.165, 1.54) is 8.61 Å². The molecule has 0 unspecified atom stereocenters. The van der Waals surface area contributed by atoms with Gasteiger partial charge in [-0.05, 0) is 50.3 Å². The van der Waals surface area contributed by atoms with E-state index in [1.54, 1.807) is 32.3 Å². The molecule has 0 heterocycles. The summed E-state index contributed by atoms with van der Waals surface area (Å²) in [5.41, 5.74) is 0.772. The summed E-state index contributed by atoms with van der Waals surface area (Å²) in [6.07, 6.45) is 2.21. The van der Waals surface area contributed by atoms with Gasteiger partial charge >= 0.3 is 0 Å². The molecule has 0 aromatic heterocycles. The molecule has 0 radical (unpaired) electrons. The summed E-state index contributed by atoms with van der Waals surface area (Å²) >= 11 is 0. The Kier molecular flexibility index (Phi) is 4.60. The molecule has 118 valence electrons. The molecule has 0 aliphatic heterocycles. The quantitative estimate of drug-likeness (QED) is 0.877. The van der Waals surface area contributed by atoms with Crippen molar-refractivity contribution in [1.29, 1.82) is 0 Å². The summed E-state index contributed by atoms with van der Waals surface area (Å²) in [6, 6.07) is 6.40. The summed E-state index contributed by atoms with van der Waals surface area (Å²) in [5.74, 6) is 0.624. The molecular weight excluding hydrogens is 288 g/mol. The van der Waals surface area contributed by atoms with Crippen LogP contribution in [0.15, 0.2) is 24.3 Å². The molecular formula is C15H24N2O3S. The molecule has 1 aromatic carbocycles. The number of nitrogens with zero attached hydrogens (tertiary/aromatic N) is 2. The normalized spacial score (nSPS) is 19.0. The third kappa shape index (κ3) is 3.39. The smallest absolute Gasteiger partial charge is 0.282 e. The van der Waals surface area contributed by atoms with E-state index in [-0.39, 0.29) is 17.8 Å². The molecule has 0 saturated heterocycles. The number of hydrogen-bond acceptors (Lipinski definition) is 3. The van der Waals surface area contributed by atoms with Crippen LogP contribution in [-0.2, 0) is 10.2 Å². The van der Waals surface area contributed by atoms with Gasteiger partial charge in [-0.25, -0.2) is 0 Å². The standard InChI is InChI=1S/C15H24N2O3S/c1-11(13-8-9-13)16(3)21(19,20)17(4)12(2)14-6-5-7-15(18)10-14/h5-7,10-13,18H,8-9H2,1-4H3/t11-,12-/m0/s1. The second-order valence-corrected chi connectivity index (χ2v) is 7.94. The molecule has 0 amide bonds. The molecule has 1 saturated carbocycles. The van der Waals surface area contributed by atoms with Crippen molar-refractivity contribution in [3.8, 4) is 5.75 Å². The zero-order valence-corrected chi connectivity index (χ0v) is 13.8. The predicted molar refractivity (Wildman–Crippen MR) is 83.2 cm³/mol. The number of hydrogen-bond donors (Lipinski definition) is 1. The maximum absolute atomic E-state index is 12.7. The van der Waals surface area contributed by atoms with Crippen molar-refractivity contribution in [3.63, 3.8) is 0 Å². The Morgan fingerprint density at radius 3 is 2.33 bits per heavy atom. The van der Waals surface area contributed by atoms with Gasteiger partial charge < -0.3 is 5.11 Å². The van der Waals surface area contributed by atoms with Gasteiger partial charge in [0.15, 0.2) is 0 Å². The Labute approximate surface area is 127 Å². The van der Waals surface area contributed by atoms with Gasteiger partial charge in [0.2, 0.25) is 0 Å². The van der Waals surface area contributed by atoms with Crippen LogP contribution >= 0.6 is 0 Å². The molecule has 0 bridgehead atoms. The van der Waals surface area contributed by atoms with E-state index in [0.717, 1.165) is 18.4 Å². The first kappa shape index (κ1) is 16.3. The highest BCUT2D eigenvalue weighted by Gasteiger charge is 2.38. The Morgan fingerprint density at radius 2 is 1.81 bits per heavy atom. The molecule has 21 heavy (non-hydrogen) atoms. The minimum Gasteiger partial charge on any atom is -0.508 e. The van der Waals surface area contributed by atoms with E-state index < -0.39 is 10.2 Å². The van der Waals surface area contributed by atoms with Gasteiger partial charge in [0.05, 0.1) is 0 Å². The van der Waals surface area contributed by atoms with Crippen LogP contribution in [0.5, 0.6) is 5.75 Å². The van der Waals surface area contributed by atoms with Gasteiger partial charge in [-0.15, -0.1) is 0 Å². The fourth-order valence-electron chi connectivity index (χ4n) is 2.48. The van der Waals surface area contributed by atoms with E-state index in [1.807, 2.05) is 19.9 Å². The maximum atomic E-state index is 12.7. The van der Waals surface area contributed by atoms with Crippen molar-refractivity contribution in [2.75, 3.05) is 14.1 Å². The summed E-state index contributed by atoms with van der Waals surface area (Å²) in [4.78, 5) is 0. The predicted octanol–water partition coefficient (Wildman–Crippen LogP) is 2.36. The van der Waals surface area contributed by atoms with Crippen LogP contribution < -0.4 is 0 Å². The molecule has 5 nitrogen and oxygen atoms in total. The van der Waals surface area contributed by atoms with E-state index in [9.17, 15) is 13.5 Å². The summed E-state index contributed by atoms with van der Waals surface area (Å²) in [5, 5.41) is 9.55. The SMILES string of the molecule is C[C@@H](c1cccc(O)c1)N(C)S(=O)(=O)N(C)[C@@H](C)C1CC1. The lowest BCUT2D eigenvalue weighted by Crippen LogP contribution is -2.45. The average Bonchev–Trinajstić information content (AvgIpc) is 3.28. The molecule has 1 N–H and O–H groups in total. The maximum Gasteiger partial charge on any atom is 0.282 e. The summed E-state index contributed by atoms with van der Waals surface area (Å²) in [7, 11) is -0.292. The molecule has 2 atom stereocenters. The van der Waals surface area contributed by atoms with E-state index in [0.29, 0.717) is 5.92 Å². The Bertz CT molecular complexity index is 599. The number of phenolic OH excluding ortho intramolecular Hbond substituents is 1. The monoisotopic (exact) mass is 312 g/mol. The molecule has 1 aromatic rings. The zero-order chi connectivity index (χ0) is 15.8. The Hall–Kier alpha value is -1.11. The highest BCUT2D eigenvalue weighted by Crippen LogP contribution is 2.36. The second-order valence-electron chi connectivity index (χ2n) is 5.89. The van der Waals surface area contributed by atoms with E-state index in [4.69, 9.17) is 0 Å². The number of rotatable bonds is 6. The van der Waals surface area contributed by atoms with Crippen LogP contribution in [-0.4, -0.2) is 42.3 Å². The molecule has 0 spiro atoms. The number of benzene rings is 1. The van der Waals surface area contributed by atoms with E-state index in [2.05, 4.69) is 0 Å². The average molecular weight is 312 g/mol. The van der Waals surface area contributed by atoms with Crippen LogP contribution in [0.3, 0.4) is 0 Å². The van der Waals surface area contributed by atoms with Crippen molar-refractivity contribution >= 4 is 10.2 Å². The van der Waals surface area contributed by atoms with Crippen molar-refractivity contribution in [2.45, 2.75) is 38.8 Å². The van der Waals surface area contributed by atoms with Gasteiger partial charge in [0.25, 0.3) is 10.2 Å². The van der Waals surface area contributed by atoms with Crippen molar-refractivity contribution in [1.82, 2.24) is 8.61 Å². The molecule has 1 aliphatic rings. The Balaban J connectivity index is 2.18. The minimum absolute atomic E-state index is 0.0221. The third-order valence-corrected chi connectivity index (χ3v) is 6.61. The van der Waals surface area contributed by atoms with Crippen molar-refractivity contribution in [3.05, 3.63) is 29.8 Å². The fourth-order valence-corrected chi connectivity index (χ4v) is 4.00.